The summed E-state index contributed by atoms with van der Waals surface area (Å²) >= 11 is 0. The summed E-state index contributed by atoms with van der Waals surface area (Å²) in [6, 6.07) is 15.0. The fourth-order valence-electron chi connectivity index (χ4n) is 4.19. The average Bonchev–Trinajstić information content (AvgIpc) is 3.22. The number of anilines is 3. The maximum absolute atomic E-state index is 4.84. The largest absolute Gasteiger partial charge is 0.378 e. The van der Waals surface area contributed by atoms with Gasteiger partial charge in [0.15, 0.2) is 5.65 Å². The number of benzene rings is 1. The van der Waals surface area contributed by atoms with E-state index in [1.807, 2.05) is 29.8 Å². The molecule has 1 aliphatic rings. The van der Waals surface area contributed by atoms with Gasteiger partial charge in [0.05, 0.1) is 0 Å². The van der Waals surface area contributed by atoms with Crippen molar-refractivity contribution in [2.45, 2.75) is 25.8 Å². The molecule has 0 radical (unpaired) electrons. The third-order valence-corrected chi connectivity index (χ3v) is 5.98. The van der Waals surface area contributed by atoms with E-state index in [4.69, 9.17) is 4.98 Å². The molecule has 1 aromatic carbocycles. The number of nitrogens with one attached hydrogen (secondary N) is 1. The molecule has 5 rings (SSSR count). The molecule has 1 N–H and O–H groups in total. The predicted octanol–water partition coefficient (Wildman–Crippen LogP) is 3.64. The van der Waals surface area contributed by atoms with Gasteiger partial charge in [-0.2, -0.15) is 4.98 Å². The van der Waals surface area contributed by atoms with Crippen LogP contribution in [-0.4, -0.2) is 57.8 Å². The third-order valence-electron chi connectivity index (χ3n) is 5.98. The number of aryl methyl sites for hydroxylation is 1. The maximum Gasteiger partial charge on any atom is 0.243 e. The summed E-state index contributed by atoms with van der Waals surface area (Å²) in [5.74, 6) is 1.68. The Morgan fingerprint density at radius 1 is 1.03 bits per heavy atom. The highest BCUT2D eigenvalue weighted by Crippen LogP contribution is 2.28. The Balaban J connectivity index is 1.32. The van der Waals surface area contributed by atoms with Crippen LogP contribution in [0.25, 0.3) is 16.8 Å². The van der Waals surface area contributed by atoms with E-state index < -0.39 is 0 Å². The number of nitrogens with zero attached hydrogens (tertiary/aromatic N) is 7. The SMILES string of the molecule is Cc1cc(N2CCC(Nc3nc4c(-c5cccc(N(C)C)c5)cccn4n3)CC2)ncn1. The molecular weight excluding hydrogens is 400 g/mol. The van der Waals surface area contributed by atoms with Crippen molar-refractivity contribution in [3.05, 3.63) is 60.7 Å². The van der Waals surface area contributed by atoms with Crippen molar-refractivity contribution in [2.24, 2.45) is 0 Å². The van der Waals surface area contributed by atoms with Crippen molar-refractivity contribution < 1.29 is 0 Å². The minimum atomic E-state index is 0.340. The van der Waals surface area contributed by atoms with Gasteiger partial charge in [0, 0.05) is 62.4 Å². The lowest BCUT2D eigenvalue weighted by Gasteiger charge is -2.32. The molecule has 0 bridgehead atoms. The number of aromatic nitrogens is 5. The second-order valence-corrected chi connectivity index (χ2v) is 8.49. The topological polar surface area (TPSA) is 74.5 Å². The molecule has 0 unspecified atom stereocenters. The fourth-order valence-corrected chi connectivity index (χ4v) is 4.19. The lowest BCUT2D eigenvalue weighted by Crippen LogP contribution is -2.39. The fraction of sp³-hybridized carbons (Fsp3) is 0.333. The second-order valence-electron chi connectivity index (χ2n) is 8.49. The normalized spacial score (nSPS) is 14.7. The summed E-state index contributed by atoms with van der Waals surface area (Å²) in [6.45, 7) is 3.90. The minimum Gasteiger partial charge on any atom is -0.378 e. The molecule has 0 amide bonds. The average molecular weight is 429 g/mol. The van der Waals surface area contributed by atoms with Crippen molar-refractivity contribution in [2.75, 3.05) is 42.3 Å². The van der Waals surface area contributed by atoms with Gasteiger partial charge in [-0.05, 0) is 49.6 Å². The Labute approximate surface area is 187 Å². The first-order chi connectivity index (χ1) is 15.6. The van der Waals surface area contributed by atoms with Crippen LogP contribution in [-0.2, 0) is 0 Å². The van der Waals surface area contributed by atoms with Gasteiger partial charge in [-0.15, -0.1) is 5.10 Å². The van der Waals surface area contributed by atoms with E-state index >= 15 is 0 Å². The summed E-state index contributed by atoms with van der Waals surface area (Å²) in [7, 11) is 4.10. The predicted molar refractivity (Wildman–Crippen MR) is 128 cm³/mol. The molecule has 3 aromatic heterocycles. The smallest absolute Gasteiger partial charge is 0.243 e. The molecule has 1 saturated heterocycles. The van der Waals surface area contributed by atoms with E-state index in [2.05, 4.69) is 74.6 Å². The highest BCUT2D eigenvalue weighted by atomic mass is 15.4. The number of fused-ring (bicyclic) bond motifs is 1. The van der Waals surface area contributed by atoms with E-state index in [1.54, 1.807) is 6.33 Å². The zero-order valence-electron chi connectivity index (χ0n) is 18.7. The lowest BCUT2D eigenvalue weighted by atomic mass is 10.1. The van der Waals surface area contributed by atoms with Gasteiger partial charge in [-0.1, -0.05) is 12.1 Å². The molecule has 8 nitrogen and oxygen atoms in total. The highest BCUT2D eigenvalue weighted by Gasteiger charge is 2.22. The van der Waals surface area contributed by atoms with Gasteiger partial charge in [-0.25, -0.2) is 14.5 Å². The highest BCUT2D eigenvalue weighted by molar-refractivity contribution is 5.79. The molecule has 4 aromatic rings. The molecule has 0 saturated carbocycles. The Morgan fingerprint density at radius 3 is 2.66 bits per heavy atom. The molecule has 0 atom stereocenters. The van der Waals surface area contributed by atoms with Crippen LogP contribution in [0.1, 0.15) is 18.5 Å². The van der Waals surface area contributed by atoms with Gasteiger partial charge in [0.2, 0.25) is 5.95 Å². The van der Waals surface area contributed by atoms with Crippen LogP contribution in [0.5, 0.6) is 0 Å². The van der Waals surface area contributed by atoms with Crippen molar-refractivity contribution in [1.29, 1.82) is 0 Å². The zero-order valence-corrected chi connectivity index (χ0v) is 18.7. The molecule has 8 heteroatoms. The third kappa shape index (κ3) is 4.08. The van der Waals surface area contributed by atoms with Gasteiger partial charge in [0.1, 0.15) is 12.1 Å². The summed E-state index contributed by atoms with van der Waals surface area (Å²) in [5, 5.41) is 8.24. The first-order valence-electron chi connectivity index (χ1n) is 11.0. The monoisotopic (exact) mass is 428 g/mol. The van der Waals surface area contributed by atoms with Crippen LogP contribution < -0.4 is 15.1 Å². The maximum atomic E-state index is 4.84. The van der Waals surface area contributed by atoms with E-state index in [1.165, 1.54) is 0 Å². The van der Waals surface area contributed by atoms with Crippen molar-refractivity contribution >= 4 is 23.1 Å². The van der Waals surface area contributed by atoms with Crippen LogP contribution in [0.2, 0.25) is 0 Å². The standard InChI is InChI=1S/C24H28N8/c1-17-14-22(26-16-25-17)31-12-9-19(10-13-31)27-24-28-23-21(8-5-11-32(23)29-24)18-6-4-7-20(15-18)30(2)3/h4-8,11,14-16,19H,9-10,12-13H2,1-3H3,(H,27,29). The first-order valence-corrected chi connectivity index (χ1v) is 11.0. The summed E-state index contributed by atoms with van der Waals surface area (Å²) in [4.78, 5) is 17.9. The number of hydrogen-bond donors (Lipinski definition) is 1. The van der Waals surface area contributed by atoms with Gasteiger partial charge >= 0.3 is 0 Å². The molecule has 1 aliphatic heterocycles. The molecule has 1 fully saturated rings. The van der Waals surface area contributed by atoms with Crippen LogP contribution in [0.4, 0.5) is 17.5 Å². The number of piperidine rings is 1. The van der Waals surface area contributed by atoms with Gasteiger partial charge < -0.3 is 15.1 Å². The Bertz CT molecular complexity index is 1220. The number of pyridine rings is 1. The first kappa shape index (κ1) is 20.2. The molecule has 0 spiro atoms. The van der Waals surface area contributed by atoms with Crippen molar-refractivity contribution in [3.8, 4) is 11.1 Å². The van der Waals surface area contributed by atoms with Gasteiger partial charge in [-0.3, -0.25) is 0 Å². The minimum absolute atomic E-state index is 0.340. The molecule has 0 aliphatic carbocycles. The van der Waals surface area contributed by atoms with E-state index in [-0.39, 0.29) is 0 Å². The van der Waals surface area contributed by atoms with Crippen LogP contribution in [0.3, 0.4) is 0 Å². The van der Waals surface area contributed by atoms with Crippen molar-refractivity contribution in [1.82, 2.24) is 24.6 Å². The molecule has 4 heterocycles. The molecular formula is C24H28N8. The quantitative estimate of drug-likeness (QED) is 0.520. The van der Waals surface area contributed by atoms with Crippen molar-refractivity contribution in [3.63, 3.8) is 0 Å². The van der Waals surface area contributed by atoms with E-state index in [9.17, 15) is 0 Å². The number of hydrogen-bond acceptors (Lipinski definition) is 7. The Kier molecular flexibility index (Phi) is 5.34. The second kappa shape index (κ2) is 8.45. The van der Waals surface area contributed by atoms with Crippen LogP contribution in [0.15, 0.2) is 55.0 Å². The molecule has 164 valence electrons. The summed E-state index contributed by atoms with van der Waals surface area (Å²) < 4.78 is 1.86. The Hall–Kier alpha value is -3.68. The van der Waals surface area contributed by atoms with E-state index in [0.717, 1.165) is 59.9 Å². The molecule has 32 heavy (non-hydrogen) atoms. The summed E-state index contributed by atoms with van der Waals surface area (Å²) in [5.41, 5.74) is 5.23. The Morgan fingerprint density at radius 2 is 1.88 bits per heavy atom. The number of rotatable bonds is 5. The van der Waals surface area contributed by atoms with Gasteiger partial charge in [0.25, 0.3) is 0 Å². The summed E-state index contributed by atoms with van der Waals surface area (Å²) in [6.07, 6.45) is 5.61. The zero-order chi connectivity index (χ0) is 22.1. The lowest BCUT2D eigenvalue weighted by molar-refractivity contribution is 0.520. The van der Waals surface area contributed by atoms with Crippen LogP contribution >= 0.6 is 0 Å². The van der Waals surface area contributed by atoms with E-state index in [0.29, 0.717) is 12.0 Å². The van der Waals surface area contributed by atoms with Crippen LogP contribution in [0, 0.1) is 6.92 Å².